The van der Waals surface area contributed by atoms with Crippen LogP contribution in [-0.2, 0) is 0 Å². The average Bonchev–Trinajstić information content (AvgIpc) is 3.12. The van der Waals surface area contributed by atoms with E-state index in [2.05, 4.69) is 4.98 Å². The molecule has 0 atom stereocenters. The first kappa shape index (κ1) is 12.3. The van der Waals surface area contributed by atoms with Crippen LogP contribution in [0.5, 0.6) is 5.88 Å². The summed E-state index contributed by atoms with van der Waals surface area (Å²) in [6.45, 7) is 0.453. The highest BCUT2D eigenvalue weighted by molar-refractivity contribution is 5.92. The van der Waals surface area contributed by atoms with Crippen molar-refractivity contribution in [3.63, 3.8) is 0 Å². The van der Waals surface area contributed by atoms with Crippen LogP contribution >= 0.6 is 0 Å². The minimum Gasteiger partial charge on any atom is -0.478 e. The average molecular weight is 252 g/mol. The molecule has 0 unspecified atom stereocenters. The summed E-state index contributed by atoms with van der Waals surface area (Å²) in [6, 6.07) is 1.09. The maximum atomic E-state index is 10.9. The molecule has 1 aliphatic rings. The lowest BCUT2D eigenvalue weighted by molar-refractivity contribution is -0.385. The number of nitrogens with zero attached hydrogens (tertiary/aromatic N) is 2. The molecule has 7 heteroatoms. The van der Waals surface area contributed by atoms with E-state index in [1.165, 1.54) is 12.8 Å². The van der Waals surface area contributed by atoms with Gasteiger partial charge in [-0.25, -0.2) is 9.78 Å². The predicted octanol–water partition coefficient (Wildman–Crippen LogP) is 1.87. The zero-order valence-electron chi connectivity index (χ0n) is 9.54. The fourth-order valence-electron chi connectivity index (χ4n) is 1.56. The van der Waals surface area contributed by atoms with Gasteiger partial charge in [-0.05, 0) is 12.3 Å². The van der Waals surface area contributed by atoms with Crippen LogP contribution in [0.3, 0.4) is 0 Å². The first-order valence-corrected chi connectivity index (χ1v) is 5.58. The van der Waals surface area contributed by atoms with Crippen LogP contribution in [-0.4, -0.2) is 27.6 Å². The number of carboxylic acid groups (broad SMARTS) is 1. The molecule has 0 aromatic carbocycles. The second kappa shape index (κ2) is 4.99. The number of carboxylic acids is 1. The summed E-state index contributed by atoms with van der Waals surface area (Å²) >= 11 is 0. The van der Waals surface area contributed by atoms with E-state index in [-0.39, 0.29) is 5.88 Å². The zero-order chi connectivity index (χ0) is 13.1. The number of pyridine rings is 1. The number of hydrogen-bond donors (Lipinski definition) is 1. The van der Waals surface area contributed by atoms with Gasteiger partial charge in [-0.3, -0.25) is 10.1 Å². The van der Waals surface area contributed by atoms with E-state index >= 15 is 0 Å². The van der Waals surface area contributed by atoms with E-state index < -0.39 is 22.1 Å². The van der Waals surface area contributed by atoms with E-state index in [9.17, 15) is 14.9 Å². The van der Waals surface area contributed by atoms with Gasteiger partial charge in [0.1, 0.15) is 11.8 Å². The largest absolute Gasteiger partial charge is 0.478 e. The van der Waals surface area contributed by atoms with Crippen molar-refractivity contribution in [1.29, 1.82) is 0 Å². The zero-order valence-corrected chi connectivity index (χ0v) is 9.54. The molecule has 1 heterocycles. The highest BCUT2D eigenvalue weighted by Crippen LogP contribution is 2.32. The molecule has 1 aliphatic carbocycles. The van der Waals surface area contributed by atoms with Gasteiger partial charge in [-0.2, -0.15) is 0 Å². The molecule has 1 N–H and O–H groups in total. The number of nitro groups is 1. The molecule has 0 aliphatic heterocycles. The van der Waals surface area contributed by atoms with E-state index in [4.69, 9.17) is 9.84 Å². The smallest absolute Gasteiger partial charge is 0.342 e. The second-order valence-corrected chi connectivity index (χ2v) is 4.18. The molecule has 1 aromatic heterocycles. The van der Waals surface area contributed by atoms with E-state index in [0.29, 0.717) is 12.5 Å². The lowest BCUT2D eigenvalue weighted by Crippen LogP contribution is -2.06. The molecular formula is C11H12N2O5. The SMILES string of the molecule is O=C(O)c1cc(OCCC2CC2)ncc1[N+](=O)[O-]. The molecule has 0 saturated heterocycles. The van der Waals surface area contributed by atoms with E-state index in [1.54, 1.807) is 0 Å². The summed E-state index contributed by atoms with van der Waals surface area (Å²) in [5, 5.41) is 19.5. The Morgan fingerprint density at radius 3 is 2.89 bits per heavy atom. The summed E-state index contributed by atoms with van der Waals surface area (Å²) in [5.41, 5.74) is -0.937. The first-order valence-electron chi connectivity index (χ1n) is 5.58. The molecule has 1 saturated carbocycles. The van der Waals surface area contributed by atoms with Gasteiger partial charge < -0.3 is 9.84 Å². The van der Waals surface area contributed by atoms with Crippen molar-refractivity contribution < 1.29 is 19.6 Å². The fourth-order valence-corrected chi connectivity index (χ4v) is 1.56. The van der Waals surface area contributed by atoms with E-state index in [0.717, 1.165) is 18.7 Å². The number of aromatic nitrogens is 1. The molecule has 1 fully saturated rings. The normalized spacial score (nSPS) is 14.2. The topological polar surface area (TPSA) is 103 Å². The third-order valence-electron chi connectivity index (χ3n) is 2.76. The Kier molecular flexibility index (Phi) is 3.40. The Morgan fingerprint density at radius 1 is 1.61 bits per heavy atom. The van der Waals surface area contributed by atoms with Crippen LogP contribution in [0.15, 0.2) is 12.3 Å². The van der Waals surface area contributed by atoms with Crippen LogP contribution in [0.4, 0.5) is 5.69 Å². The second-order valence-electron chi connectivity index (χ2n) is 4.18. The molecule has 7 nitrogen and oxygen atoms in total. The monoisotopic (exact) mass is 252 g/mol. The lowest BCUT2D eigenvalue weighted by atomic mass is 10.2. The van der Waals surface area contributed by atoms with Crippen LogP contribution in [0.25, 0.3) is 0 Å². The minimum atomic E-state index is -1.36. The Bertz CT molecular complexity index is 484. The maximum Gasteiger partial charge on any atom is 0.342 e. The van der Waals surface area contributed by atoms with Crippen molar-refractivity contribution in [2.75, 3.05) is 6.61 Å². The highest BCUT2D eigenvalue weighted by atomic mass is 16.6. The minimum absolute atomic E-state index is 0.110. The van der Waals surface area contributed by atoms with Crippen molar-refractivity contribution >= 4 is 11.7 Å². The summed E-state index contributed by atoms with van der Waals surface area (Å²) in [4.78, 5) is 24.5. The quantitative estimate of drug-likeness (QED) is 0.612. The Hall–Kier alpha value is -2.18. The maximum absolute atomic E-state index is 10.9. The third kappa shape index (κ3) is 2.93. The van der Waals surface area contributed by atoms with Gasteiger partial charge in [0.15, 0.2) is 0 Å². The van der Waals surface area contributed by atoms with Gasteiger partial charge in [-0.1, -0.05) is 12.8 Å². The van der Waals surface area contributed by atoms with Gasteiger partial charge in [0, 0.05) is 6.07 Å². The molecule has 96 valence electrons. The molecular weight excluding hydrogens is 240 g/mol. The van der Waals surface area contributed by atoms with Crippen molar-refractivity contribution in [3.8, 4) is 5.88 Å². The summed E-state index contributed by atoms with van der Waals surface area (Å²) in [7, 11) is 0. The molecule has 0 amide bonds. The Balaban J connectivity index is 2.08. The molecule has 18 heavy (non-hydrogen) atoms. The van der Waals surface area contributed by atoms with Gasteiger partial charge in [-0.15, -0.1) is 0 Å². The van der Waals surface area contributed by atoms with Crippen molar-refractivity contribution in [3.05, 3.63) is 27.9 Å². The summed E-state index contributed by atoms with van der Waals surface area (Å²) < 4.78 is 5.29. The van der Waals surface area contributed by atoms with Crippen molar-refractivity contribution in [1.82, 2.24) is 4.98 Å². The van der Waals surface area contributed by atoms with E-state index in [1.807, 2.05) is 0 Å². The molecule has 2 rings (SSSR count). The molecule has 0 spiro atoms. The van der Waals surface area contributed by atoms with Crippen LogP contribution in [0.1, 0.15) is 29.6 Å². The number of aromatic carboxylic acids is 1. The summed E-state index contributed by atoms with van der Waals surface area (Å²) in [6.07, 6.45) is 4.23. The Labute approximate surface area is 103 Å². The van der Waals surface area contributed by atoms with Gasteiger partial charge in [0.2, 0.25) is 5.88 Å². The predicted molar refractivity (Wildman–Crippen MR) is 60.7 cm³/mol. The van der Waals surface area contributed by atoms with Gasteiger partial charge in [0.05, 0.1) is 11.5 Å². The number of rotatable bonds is 6. The van der Waals surface area contributed by atoms with Crippen LogP contribution < -0.4 is 4.74 Å². The van der Waals surface area contributed by atoms with Crippen molar-refractivity contribution in [2.45, 2.75) is 19.3 Å². The van der Waals surface area contributed by atoms with Gasteiger partial charge in [0.25, 0.3) is 0 Å². The number of hydrogen-bond acceptors (Lipinski definition) is 5. The Morgan fingerprint density at radius 2 is 2.33 bits per heavy atom. The third-order valence-corrected chi connectivity index (χ3v) is 2.76. The van der Waals surface area contributed by atoms with Crippen molar-refractivity contribution in [2.24, 2.45) is 5.92 Å². The van der Waals surface area contributed by atoms with Crippen LogP contribution in [0, 0.1) is 16.0 Å². The summed E-state index contributed by atoms with van der Waals surface area (Å²) in [5.74, 6) is -0.559. The number of ether oxygens (including phenoxy) is 1. The van der Waals surface area contributed by atoms with Crippen LogP contribution in [0.2, 0.25) is 0 Å². The molecule has 0 radical (unpaired) electrons. The first-order chi connectivity index (χ1) is 8.58. The molecule has 1 aromatic rings. The lowest BCUT2D eigenvalue weighted by Gasteiger charge is -2.05. The highest BCUT2D eigenvalue weighted by Gasteiger charge is 2.23. The fraction of sp³-hybridized carbons (Fsp3) is 0.455. The molecule has 0 bridgehead atoms. The van der Waals surface area contributed by atoms with Gasteiger partial charge >= 0.3 is 11.7 Å². The standard InChI is InChI=1S/C11H12N2O5/c14-11(15)8-5-10(12-6-9(8)13(16)17)18-4-3-7-1-2-7/h5-7H,1-4H2,(H,14,15). The number of carbonyl (C=O) groups is 1.